The van der Waals surface area contributed by atoms with Gasteiger partial charge in [0.05, 0.1) is 10.4 Å². The topological polar surface area (TPSA) is 37.3 Å². The maximum atomic E-state index is 12.5. The fourth-order valence-electron chi connectivity index (χ4n) is 2.87. The Balaban J connectivity index is 2.08. The van der Waals surface area contributed by atoms with Crippen molar-refractivity contribution in [3.63, 3.8) is 0 Å². The van der Waals surface area contributed by atoms with Gasteiger partial charge < -0.3 is 14.8 Å². The first-order chi connectivity index (χ1) is 10.2. The van der Waals surface area contributed by atoms with Gasteiger partial charge in [0.15, 0.2) is 0 Å². The van der Waals surface area contributed by atoms with Gasteiger partial charge >= 0.3 is 0 Å². The van der Waals surface area contributed by atoms with Crippen LogP contribution in [0, 0.1) is 0 Å². The number of benzene rings is 1. The number of halogens is 1. The molecule has 0 spiro atoms. The number of fused-ring (bicyclic) bond motifs is 1. The zero-order chi connectivity index (χ0) is 14.8. The molecule has 0 radical (unpaired) electrons. The van der Waals surface area contributed by atoms with Crippen molar-refractivity contribution in [2.75, 3.05) is 31.1 Å². The fourth-order valence-corrected chi connectivity index (χ4v) is 3.18. The highest BCUT2D eigenvalue weighted by molar-refractivity contribution is 6.35. The van der Waals surface area contributed by atoms with Gasteiger partial charge in [0.25, 0.3) is 5.56 Å². The number of nitrogens with zero attached hydrogens (tertiary/aromatic N) is 2. The van der Waals surface area contributed by atoms with Crippen molar-refractivity contribution in [1.29, 1.82) is 0 Å². The molecule has 1 N–H and O–H groups in total. The van der Waals surface area contributed by atoms with Crippen molar-refractivity contribution in [2.45, 2.75) is 19.9 Å². The Morgan fingerprint density at radius 1 is 1.29 bits per heavy atom. The van der Waals surface area contributed by atoms with Crippen LogP contribution in [0.15, 0.2) is 29.2 Å². The van der Waals surface area contributed by atoms with E-state index in [1.165, 1.54) is 0 Å². The summed E-state index contributed by atoms with van der Waals surface area (Å²) in [6, 6.07) is 5.99. The number of nitrogens with one attached hydrogen (secondary N) is 1. The van der Waals surface area contributed by atoms with Crippen LogP contribution in [0.25, 0.3) is 10.8 Å². The van der Waals surface area contributed by atoms with Crippen molar-refractivity contribution < 1.29 is 0 Å². The van der Waals surface area contributed by atoms with Crippen molar-refractivity contribution >= 4 is 28.1 Å². The van der Waals surface area contributed by atoms with Crippen molar-refractivity contribution in [3.8, 4) is 0 Å². The van der Waals surface area contributed by atoms with Gasteiger partial charge in [-0.1, -0.05) is 18.5 Å². The molecular weight excluding hydrogens is 286 g/mol. The standard InChI is InChI=1S/C16H20ClN3O/c1-2-6-20-7-3-12-10-13(19-8-4-18-5-9-19)11-14(17)15(12)16(20)21/h3,7,10-11,18H,2,4-6,8-9H2,1H3. The molecule has 0 aliphatic carbocycles. The van der Waals surface area contributed by atoms with Crippen LogP contribution in [0.5, 0.6) is 0 Å². The van der Waals surface area contributed by atoms with Crippen LogP contribution in [0.1, 0.15) is 13.3 Å². The molecule has 0 saturated carbocycles. The maximum absolute atomic E-state index is 12.5. The van der Waals surface area contributed by atoms with E-state index in [-0.39, 0.29) is 5.56 Å². The third-order valence-corrected chi connectivity index (χ3v) is 4.26. The van der Waals surface area contributed by atoms with Crippen LogP contribution in [0.2, 0.25) is 5.02 Å². The summed E-state index contributed by atoms with van der Waals surface area (Å²) in [7, 11) is 0. The van der Waals surface area contributed by atoms with Gasteiger partial charge in [-0.2, -0.15) is 0 Å². The molecule has 0 unspecified atom stereocenters. The quantitative estimate of drug-likeness (QED) is 0.946. The molecule has 2 heterocycles. The smallest absolute Gasteiger partial charge is 0.259 e. The lowest BCUT2D eigenvalue weighted by Crippen LogP contribution is -2.43. The monoisotopic (exact) mass is 305 g/mol. The largest absolute Gasteiger partial charge is 0.369 e. The summed E-state index contributed by atoms with van der Waals surface area (Å²) in [6.07, 6.45) is 2.80. The highest BCUT2D eigenvalue weighted by atomic mass is 35.5. The lowest BCUT2D eigenvalue weighted by atomic mass is 10.1. The first-order valence-corrected chi connectivity index (χ1v) is 7.87. The predicted molar refractivity (Wildman–Crippen MR) is 88.6 cm³/mol. The summed E-state index contributed by atoms with van der Waals surface area (Å²) in [4.78, 5) is 14.8. The number of piperazine rings is 1. The van der Waals surface area contributed by atoms with E-state index in [9.17, 15) is 4.79 Å². The minimum Gasteiger partial charge on any atom is -0.369 e. The van der Waals surface area contributed by atoms with Crippen molar-refractivity contribution in [1.82, 2.24) is 9.88 Å². The third kappa shape index (κ3) is 2.78. The molecule has 4 nitrogen and oxygen atoms in total. The van der Waals surface area contributed by atoms with Gasteiger partial charge in [0.1, 0.15) is 0 Å². The zero-order valence-corrected chi connectivity index (χ0v) is 13.0. The van der Waals surface area contributed by atoms with Gasteiger partial charge in [-0.15, -0.1) is 0 Å². The van der Waals surface area contributed by atoms with Gasteiger partial charge in [-0.05, 0) is 30.0 Å². The average Bonchev–Trinajstić information content (AvgIpc) is 2.50. The first-order valence-electron chi connectivity index (χ1n) is 7.49. The van der Waals surface area contributed by atoms with Crippen molar-refractivity contribution in [3.05, 3.63) is 39.8 Å². The molecule has 1 aromatic carbocycles. The van der Waals surface area contributed by atoms with Crippen LogP contribution in [-0.2, 0) is 6.54 Å². The molecule has 2 aromatic rings. The van der Waals surface area contributed by atoms with E-state index < -0.39 is 0 Å². The molecule has 3 rings (SSSR count). The minimum absolute atomic E-state index is 0.00575. The van der Waals surface area contributed by atoms with E-state index in [4.69, 9.17) is 11.6 Å². The summed E-state index contributed by atoms with van der Waals surface area (Å²) in [5.74, 6) is 0. The second-order valence-corrected chi connectivity index (χ2v) is 5.85. The number of hydrogen-bond acceptors (Lipinski definition) is 3. The third-order valence-electron chi connectivity index (χ3n) is 3.96. The van der Waals surface area contributed by atoms with E-state index in [0.29, 0.717) is 10.4 Å². The number of anilines is 1. The summed E-state index contributed by atoms with van der Waals surface area (Å²) in [5.41, 5.74) is 1.10. The molecule has 1 aromatic heterocycles. The Bertz CT molecular complexity index is 704. The Morgan fingerprint density at radius 3 is 2.76 bits per heavy atom. The Labute approximate surface area is 129 Å². The predicted octanol–water partition coefficient (Wildman–Crippen LogP) is 2.47. The van der Waals surface area contributed by atoms with Crippen LogP contribution >= 0.6 is 11.6 Å². The molecule has 1 fully saturated rings. The molecule has 112 valence electrons. The van der Waals surface area contributed by atoms with E-state index in [1.807, 2.05) is 18.3 Å². The van der Waals surface area contributed by atoms with Crippen molar-refractivity contribution in [2.24, 2.45) is 0 Å². The Hall–Kier alpha value is -1.52. The highest BCUT2D eigenvalue weighted by Crippen LogP contribution is 2.28. The van der Waals surface area contributed by atoms with E-state index in [0.717, 1.165) is 50.2 Å². The number of aryl methyl sites for hydroxylation is 1. The number of aromatic nitrogens is 1. The Kier molecular flexibility index (Phi) is 4.17. The second-order valence-electron chi connectivity index (χ2n) is 5.44. The highest BCUT2D eigenvalue weighted by Gasteiger charge is 2.14. The lowest BCUT2D eigenvalue weighted by molar-refractivity contribution is 0.589. The van der Waals surface area contributed by atoms with Crippen LogP contribution in [-0.4, -0.2) is 30.7 Å². The van der Waals surface area contributed by atoms with Crippen LogP contribution < -0.4 is 15.8 Å². The van der Waals surface area contributed by atoms with Gasteiger partial charge in [-0.3, -0.25) is 4.79 Å². The molecule has 0 bridgehead atoms. The zero-order valence-electron chi connectivity index (χ0n) is 12.2. The van der Waals surface area contributed by atoms with E-state index in [2.05, 4.69) is 23.2 Å². The molecule has 1 aliphatic rings. The average molecular weight is 306 g/mol. The van der Waals surface area contributed by atoms with E-state index >= 15 is 0 Å². The summed E-state index contributed by atoms with van der Waals surface area (Å²) in [6.45, 7) is 6.68. The Morgan fingerprint density at radius 2 is 2.05 bits per heavy atom. The maximum Gasteiger partial charge on any atom is 0.259 e. The van der Waals surface area contributed by atoms with Crippen LogP contribution in [0.4, 0.5) is 5.69 Å². The first kappa shape index (κ1) is 14.4. The second kappa shape index (κ2) is 6.08. The summed E-state index contributed by atoms with van der Waals surface area (Å²) < 4.78 is 1.73. The van der Waals surface area contributed by atoms with E-state index in [1.54, 1.807) is 4.57 Å². The minimum atomic E-state index is 0.00575. The fraction of sp³-hybridized carbons (Fsp3) is 0.438. The molecule has 1 saturated heterocycles. The lowest BCUT2D eigenvalue weighted by Gasteiger charge is -2.29. The number of rotatable bonds is 3. The molecule has 0 amide bonds. The van der Waals surface area contributed by atoms with Gasteiger partial charge in [-0.25, -0.2) is 0 Å². The number of pyridine rings is 1. The molecule has 21 heavy (non-hydrogen) atoms. The SMILES string of the molecule is CCCn1ccc2cc(N3CCNCC3)cc(Cl)c2c1=O. The van der Waals surface area contributed by atoms with Crippen LogP contribution in [0.3, 0.4) is 0 Å². The number of hydrogen-bond donors (Lipinski definition) is 1. The molecular formula is C16H20ClN3O. The normalized spacial score (nSPS) is 15.6. The molecule has 1 aliphatic heterocycles. The summed E-state index contributed by atoms with van der Waals surface area (Å²) in [5, 5.41) is 5.45. The summed E-state index contributed by atoms with van der Waals surface area (Å²) >= 11 is 6.40. The van der Waals surface area contributed by atoms with Gasteiger partial charge in [0.2, 0.25) is 0 Å². The molecule has 5 heteroatoms. The molecule has 0 atom stereocenters. The van der Waals surface area contributed by atoms with Gasteiger partial charge in [0, 0.05) is 44.6 Å².